The van der Waals surface area contributed by atoms with Crippen molar-refractivity contribution in [2.75, 3.05) is 32.0 Å². The van der Waals surface area contributed by atoms with Crippen LogP contribution in [0.5, 0.6) is 5.75 Å². The first-order chi connectivity index (χ1) is 24.0. The van der Waals surface area contributed by atoms with Gasteiger partial charge in [0.15, 0.2) is 6.23 Å². The number of alkyl halides is 2. The Kier molecular flexibility index (Phi) is 9.13. The minimum Gasteiger partial charge on any atom is -0.485 e. The Morgan fingerprint density at radius 3 is 2.53 bits per heavy atom. The molecule has 0 spiro atoms. The van der Waals surface area contributed by atoms with E-state index >= 15 is 4.39 Å². The number of aliphatic hydroxyl groups is 2. The molecule has 4 aromatic rings. The Bertz CT molecular complexity index is 2150. The molecule has 0 bridgehead atoms. The van der Waals surface area contributed by atoms with Gasteiger partial charge in [-0.25, -0.2) is 23.1 Å². The first-order valence-electron chi connectivity index (χ1n) is 16.1. The number of nitrogens with one attached hydrogen (secondary N) is 1. The summed E-state index contributed by atoms with van der Waals surface area (Å²) in [7, 11) is 1.55. The number of nitrogens with zero attached hydrogens (tertiary/aromatic N) is 7. The lowest BCUT2D eigenvalue weighted by molar-refractivity contribution is -0.144. The van der Waals surface area contributed by atoms with E-state index in [1.165, 1.54) is 29.7 Å². The Morgan fingerprint density at radius 1 is 1.14 bits per heavy atom. The summed E-state index contributed by atoms with van der Waals surface area (Å²) in [6, 6.07) is 11.4. The molecule has 0 amide bonds. The molecule has 5 heterocycles. The van der Waals surface area contributed by atoms with Crippen LogP contribution in [0.4, 0.5) is 19.0 Å². The highest BCUT2D eigenvalue weighted by Crippen LogP contribution is 2.31. The lowest BCUT2D eigenvalue weighted by atomic mass is 9.85. The Balaban J connectivity index is 1.27. The third-order valence-electron chi connectivity index (χ3n) is 8.76. The van der Waals surface area contributed by atoms with Gasteiger partial charge in [0, 0.05) is 37.1 Å². The van der Waals surface area contributed by atoms with Crippen LogP contribution in [0.25, 0.3) is 16.6 Å². The van der Waals surface area contributed by atoms with Crippen molar-refractivity contribution in [2.45, 2.75) is 57.5 Å². The highest BCUT2D eigenvalue weighted by atomic mass is 19.3. The van der Waals surface area contributed by atoms with E-state index in [2.05, 4.69) is 26.5 Å². The molecule has 2 aliphatic heterocycles. The highest BCUT2D eigenvalue weighted by Gasteiger charge is 2.45. The Morgan fingerprint density at radius 2 is 1.88 bits per heavy atom. The van der Waals surface area contributed by atoms with Crippen molar-refractivity contribution >= 4 is 22.3 Å². The molecule has 3 aromatic heterocycles. The molecule has 51 heavy (non-hydrogen) atoms. The van der Waals surface area contributed by atoms with Gasteiger partial charge in [-0.3, -0.25) is 19.3 Å². The fourth-order valence-electron chi connectivity index (χ4n) is 6.19. The second-order valence-electron chi connectivity index (χ2n) is 13.9. The van der Waals surface area contributed by atoms with Gasteiger partial charge in [-0.1, -0.05) is 0 Å². The smallest absolute Gasteiger partial charge is 0.272 e. The lowest BCUT2D eigenvalue weighted by Gasteiger charge is -2.42. The monoisotopic (exact) mass is 702 g/mol. The van der Waals surface area contributed by atoms with Gasteiger partial charge in [-0.2, -0.15) is 10.4 Å². The van der Waals surface area contributed by atoms with Crippen molar-refractivity contribution in [1.82, 2.24) is 24.4 Å². The molecule has 0 aliphatic carbocycles. The average Bonchev–Trinajstić information content (AvgIpc) is 3.06. The quantitative estimate of drug-likeness (QED) is 0.218. The number of ether oxygens (including phenoxy) is 1. The summed E-state index contributed by atoms with van der Waals surface area (Å²) in [5.41, 5.74) is -0.752. The fourth-order valence-corrected chi connectivity index (χ4v) is 6.19. The number of hydrogen-bond acceptors (Lipinski definition) is 11. The second kappa shape index (κ2) is 13.1. The lowest BCUT2D eigenvalue weighted by Crippen LogP contribution is -2.60. The molecular weight excluding hydrogens is 665 g/mol. The molecule has 0 radical (unpaired) electrons. The van der Waals surface area contributed by atoms with Gasteiger partial charge in [-0.15, -0.1) is 0 Å². The van der Waals surface area contributed by atoms with Gasteiger partial charge < -0.3 is 20.3 Å². The van der Waals surface area contributed by atoms with Crippen molar-refractivity contribution in [2.24, 2.45) is 5.10 Å². The zero-order valence-corrected chi connectivity index (χ0v) is 28.7. The number of fused-ring (bicyclic) bond motifs is 1. The number of benzene rings is 1. The van der Waals surface area contributed by atoms with Crippen LogP contribution in [0.2, 0.25) is 0 Å². The molecule has 1 atom stereocenters. The van der Waals surface area contributed by atoms with Crippen LogP contribution in [0.3, 0.4) is 0 Å². The van der Waals surface area contributed by atoms with Crippen LogP contribution in [-0.2, 0) is 12.0 Å². The maximum atomic E-state index is 15.4. The summed E-state index contributed by atoms with van der Waals surface area (Å²) in [5.74, 6) is -2.59. The topological polar surface area (TPSA) is 152 Å². The minimum absolute atomic E-state index is 0.0603. The van der Waals surface area contributed by atoms with Crippen LogP contribution >= 0.6 is 0 Å². The number of nitriles is 1. The van der Waals surface area contributed by atoms with E-state index in [1.54, 1.807) is 62.2 Å². The number of pyridine rings is 3. The molecule has 0 saturated carbocycles. The number of hydrazone groups is 1. The maximum absolute atomic E-state index is 15.4. The van der Waals surface area contributed by atoms with E-state index in [0.717, 1.165) is 4.57 Å². The molecule has 12 nitrogen and oxygen atoms in total. The number of hydrogen-bond donors (Lipinski definition) is 3. The molecule has 1 fully saturated rings. The molecule has 6 rings (SSSR count). The van der Waals surface area contributed by atoms with E-state index in [0.29, 0.717) is 46.0 Å². The third-order valence-corrected chi connectivity index (χ3v) is 8.76. The molecule has 1 unspecified atom stereocenters. The largest absolute Gasteiger partial charge is 0.485 e. The van der Waals surface area contributed by atoms with E-state index in [9.17, 15) is 29.1 Å². The number of allylic oxidation sites excluding steroid dienone is 1. The maximum Gasteiger partial charge on any atom is 0.272 e. The molecule has 1 aromatic carbocycles. The van der Waals surface area contributed by atoms with Crippen LogP contribution in [0.15, 0.2) is 76.7 Å². The summed E-state index contributed by atoms with van der Waals surface area (Å²) in [6.45, 7) is 6.10. The van der Waals surface area contributed by atoms with Crippen LogP contribution in [-0.4, -0.2) is 84.8 Å². The highest BCUT2D eigenvalue weighted by molar-refractivity contribution is 6.11. The summed E-state index contributed by atoms with van der Waals surface area (Å²) in [6.07, 6.45) is 4.73. The predicted molar refractivity (Wildman–Crippen MR) is 184 cm³/mol. The van der Waals surface area contributed by atoms with Gasteiger partial charge in [-0.05, 0) is 81.1 Å². The average molecular weight is 703 g/mol. The van der Waals surface area contributed by atoms with Crippen molar-refractivity contribution in [1.29, 1.82) is 5.26 Å². The summed E-state index contributed by atoms with van der Waals surface area (Å²) >= 11 is 0. The standard InChI is InChI=1S/C36H37F3N8O4/c1-34(2,17-40)22-12-21-9-11-47(33(50)30(21)26(37)13-22)31-25(16-48)24(8-10-41-31)27-14-28(32(49)45(5)44-27)43-29-7-6-23(15-42-29)51-35(3,4)18-46-19-36(38,39)20-46/h6-15,32,48-49H,16,18-20H2,1-5H3,(H,42,43). The number of likely N-dealkylation sites (N-methyl/N-ethyl adjacent to an activating group) is 1. The number of aliphatic hydroxyl groups excluding tert-OH is 2. The normalized spacial score (nSPS) is 17.7. The number of rotatable bonds is 10. The van der Waals surface area contributed by atoms with Crippen LogP contribution in [0.1, 0.15) is 44.4 Å². The molecule has 266 valence electrons. The van der Waals surface area contributed by atoms with Gasteiger partial charge in [0.25, 0.3) is 11.5 Å². The van der Waals surface area contributed by atoms with Gasteiger partial charge >= 0.3 is 0 Å². The first-order valence-corrected chi connectivity index (χ1v) is 16.1. The fraction of sp³-hybridized carbons (Fsp3) is 0.361. The summed E-state index contributed by atoms with van der Waals surface area (Å²) < 4.78 is 49.1. The number of anilines is 1. The zero-order chi connectivity index (χ0) is 36.9. The molecule has 2 aliphatic rings. The minimum atomic E-state index is -2.66. The zero-order valence-electron chi connectivity index (χ0n) is 28.7. The van der Waals surface area contributed by atoms with Crippen LogP contribution in [0, 0.1) is 17.1 Å². The number of halogens is 3. The molecule has 3 N–H and O–H groups in total. The second-order valence-corrected chi connectivity index (χ2v) is 13.9. The summed E-state index contributed by atoms with van der Waals surface area (Å²) in [4.78, 5) is 24.0. The Hall–Kier alpha value is -5.30. The Labute approximate surface area is 291 Å². The van der Waals surface area contributed by atoms with E-state index in [4.69, 9.17) is 4.74 Å². The molecule has 1 saturated heterocycles. The number of aromatic nitrogens is 3. The van der Waals surface area contributed by atoms with E-state index in [-0.39, 0.29) is 29.9 Å². The third kappa shape index (κ3) is 7.16. The number of likely N-dealkylation sites (tertiary alicyclic amines) is 1. The van der Waals surface area contributed by atoms with Crippen molar-refractivity contribution in [3.05, 3.63) is 99.6 Å². The van der Waals surface area contributed by atoms with Gasteiger partial charge in [0.1, 0.15) is 28.8 Å². The molecular formula is C36H37F3N8O4. The predicted octanol–water partition coefficient (Wildman–Crippen LogP) is 4.29. The van der Waals surface area contributed by atoms with Crippen molar-refractivity contribution < 1.29 is 28.1 Å². The van der Waals surface area contributed by atoms with E-state index < -0.39 is 41.1 Å². The van der Waals surface area contributed by atoms with Crippen molar-refractivity contribution in [3.63, 3.8) is 0 Å². The summed E-state index contributed by atoms with van der Waals surface area (Å²) in [5, 5.41) is 40.0. The van der Waals surface area contributed by atoms with Crippen LogP contribution < -0.4 is 15.6 Å². The SMILES string of the molecule is CN1N=C(c2ccnc(-n3ccc4cc(C(C)(C)C#N)cc(F)c4c3=O)c2CO)C=C(Nc2ccc(OC(C)(C)CN3CC(F)(F)C3)cn2)C1O. The molecule has 15 heteroatoms. The van der Waals surface area contributed by atoms with Gasteiger partial charge in [0.2, 0.25) is 0 Å². The van der Waals surface area contributed by atoms with Gasteiger partial charge in [0.05, 0.1) is 54.2 Å². The first kappa shape index (κ1) is 35.5. The van der Waals surface area contributed by atoms with E-state index in [1.807, 2.05) is 13.8 Å². The van der Waals surface area contributed by atoms with Crippen molar-refractivity contribution in [3.8, 4) is 17.6 Å².